The molecule has 1 unspecified atom stereocenters. The van der Waals surface area contributed by atoms with E-state index >= 15 is 0 Å². The molecule has 1 aromatic carbocycles. The Bertz CT molecular complexity index is 472. The first-order chi connectivity index (χ1) is 8.22. The van der Waals surface area contributed by atoms with Gasteiger partial charge < -0.3 is 5.32 Å². The third kappa shape index (κ3) is 2.88. The fourth-order valence-corrected chi connectivity index (χ4v) is 3.25. The first kappa shape index (κ1) is 12.6. The minimum Gasteiger partial charge on any atom is -0.319 e. The zero-order valence-corrected chi connectivity index (χ0v) is 11.7. The molecule has 0 amide bonds. The summed E-state index contributed by atoms with van der Waals surface area (Å²) in [6.45, 7) is 5.73. The van der Waals surface area contributed by atoms with Gasteiger partial charge in [-0.2, -0.15) is 0 Å². The summed E-state index contributed by atoms with van der Waals surface area (Å²) >= 11 is 1.87. The van der Waals surface area contributed by atoms with Crippen LogP contribution in [-0.2, 0) is 6.42 Å². The summed E-state index contributed by atoms with van der Waals surface area (Å²) in [6, 6.07) is 8.72. The van der Waals surface area contributed by atoms with E-state index in [4.69, 9.17) is 0 Å². The van der Waals surface area contributed by atoms with Gasteiger partial charge >= 0.3 is 0 Å². The van der Waals surface area contributed by atoms with E-state index in [1.807, 2.05) is 18.4 Å². The summed E-state index contributed by atoms with van der Waals surface area (Å²) < 4.78 is 1.41. The Morgan fingerprint density at radius 3 is 2.71 bits per heavy atom. The Hall–Kier alpha value is -0.860. The first-order valence-electron chi connectivity index (χ1n) is 6.32. The van der Waals surface area contributed by atoms with Crippen molar-refractivity contribution in [1.29, 1.82) is 0 Å². The van der Waals surface area contributed by atoms with Gasteiger partial charge in [0.05, 0.1) is 0 Å². The van der Waals surface area contributed by atoms with E-state index in [1.165, 1.54) is 22.1 Å². The van der Waals surface area contributed by atoms with E-state index in [9.17, 15) is 0 Å². The van der Waals surface area contributed by atoms with Crippen LogP contribution in [0, 0.1) is 11.8 Å². The molecule has 2 heteroatoms. The van der Waals surface area contributed by atoms with E-state index < -0.39 is 0 Å². The highest BCUT2D eigenvalue weighted by Gasteiger charge is 2.15. The summed E-state index contributed by atoms with van der Waals surface area (Å²) in [5, 5.41) is 7.09. The van der Waals surface area contributed by atoms with Gasteiger partial charge in [0, 0.05) is 4.70 Å². The van der Waals surface area contributed by atoms with Crippen molar-refractivity contribution < 1.29 is 0 Å². The average molecular weight is 247 g/mol. The Morgan fingerprint density at radius 2 is 2.00 bits per heavy atom. The summed E-state index contributed by atoms with van der Waals surface area (Å²) in [5.41, 5.74) is 1.51. The lowest BCUT2D eigenvalue weighted by molar-refractivity contribution is 0.371. The van der Waals surface area contributed by atoms with Gasteiger partial charge in [-0.15, -0.1) is 11.3 Å². The van der Waals surface area contributed by atoms with E-state index in [0.29, 0.717) is 0 Å². The van der Waals surface area contributed by atoms with Crippen molar-refractivity contribution in [3.8, 4) is 0 Å². The zero-order valence-electron chi connectivity index (χ0n) is 10.9. The largest absolute Gasteiger partial charge is 0.319 e. The molecule has 0 fully saturated rings. The van der Waals surface area contributed by atoms with Crippen molar-refractivity contribution in [3.05, 3.63) is 35.2 Å². The zero-order chi connectivity index (χ0) is 12.3. The Morgan fingerprint density at radius 1 is 1.24 bits per heavy atom. The molecule has 17 heavy (non-hydrogen) atoms. The Labute approximate surface area is 108 Å². The SMILES string of the molecule is CNCC(Cc1csc2ccccc12)C(C)C. The molecule has 0 radical (unpaired) electrons. The second kappa shape index (κ2) is 5.65. The highest BCUT2D eigenvalue weighted by molar-refractivity contribution is 7.17. The molecule has 1 aromatic heterocycles. The molecule has 0 saturated heterocycles. The monoisotopic (exact) mass is 247 g/mol. The highest BCUT2D eigenvalue weighted by atomic mass is 32.1. The third-order valence-electron chi connectivity index (χ3n) is 3.45. The predicted octanol–water partition coefficient (Wildman–Crippen LogP) is 3.94. The van der Waals surface area contributed by atoms with Gasteiger partial charge in [0.2, 0.25) is 0 Å². The maximum atomic E-state index is 3.31. The second-order valence-corrected chi connectivity index (χ2v) is 5.93. The van der Waals surface area contributed by atoms with Gasteiger partial charge in [-0.05, 0) is 54.2 Å². The van der Waals surface area contributed by atoms with Gasteiger partial charge in [-0.3, -0.25) is 0 Å². The van der Waals surface area contributed by atoms with Gasteiger partial charge in [0.1, 0.15) is 0 Å². The van der Waals surface area contributed by atoms with Crippen LogP contribution in [-0.4, -0.2) is 13.6 Å². The molecule has 2 rings (SSSR count). The molecule has 1 heterocycles. The van der Waals surface area contributed by atoms with E-state index in [2.05, 4.69) is 48.8 Å². The highest BCUT2D eigenvalue weighted by Crippen LogP contribution is 2.29. The molecule has 1 atom stereocenters. The van der Waals surface area contributed by atoms with Crippen molar-refractivity contribution in [3.63, 3.8) is 0 Å². The normalized spacial score (nSPS) is 13.4. The summed E-state index contributed by atoms with van der Waals surface area (Å²) in [4.78, 5) is 0. The van der Waals surface area contributed by atoms with Gasteiger partial charge in [0.25, 0.3) is 0 Å². The van der Waals surface area contributed by atoms with Crippen LogP contribution in [0.3, 0.4) is 0 Å². The molecular weight excluding hydrogens is 226 g/mol. The molecule has 2 aromatic rings. The first-order valence-corrected chi connectivity index (χ1v) is 7.20. The van der Waals surface area contributed by atoms with Crippen LogP contribution >= 0.6 is 11.3 Å². The standard InChI is InChI=1S/C15H21NS/c1-11(2)12(9-16-3)8-13-10-17-15-7-5-4-6-14(13)15/h4-7,10-12,16H,8-9H2,1-3H3. The quantitative estimate of drug-likeness (QED) is 0.844. The molecule has 0 spiro atoms. The smallest absolute Gasteiger partial charge is 0.0345 e. The predicted molar refractivity (Wildman–Crippen MR) is 77.8 cm³/mol. The van der Waals surface area contributed by atoms with Crippen LogP contribution in [0.2, 0.25) is 0 Å². The van der Waals surface area contributed by atoms with Crippen LogP contribution in [0.15, 0.2) is 29.6 Å². The number of rotatable bonds is 5. The van der Waals surface area contributed by atoms with Crippen LogP contribution in [0.4, 0.5) is 0 Å². The van der Waals surface area contributed by atoms with Crippen LogP contribution in [0.25, 0.3) is 10.1 Å². The average Bonchev–Trinajstić information content (AvgIpc) is 2.72. The van der Waals surface area contributed by atoms with Crippen LogP contribution in [0.1, 0.15) is 19.4 Å². The lowest BCUT2D eigenvalue weighted by Crippen LogP contribution is -2.24. The number of nitrogens with one attached hydrogen (secondary N) is 1. The molecule has 1 N–H and O–H groups in total. The van der Waals surface area contributed by atoms with Gasteiger partial charge in [0.15, 0.2) is 0 Å². The van der Waals surface area contributed by atoms with E-state index in [1.54, 1.807) is 0 Å². The second-order valence-electron chi connectivity index (χ2n) is 5.02. The topological polar surface area (TPSA) is 12.0 Å². The number of thiophene rings is 1. The lowest BCUT2D eigenvalue weighted by Gasteiger charge is -2.20. The minimum absolute atomic E-state index is 0.720. The van der Waals surface area contributed by atoms with Gasteiger partial charge in [-0.1, -0.05) is 32.0 Å². The van der Waals surface area contributed by atoms with Crippen molar-refractivity contribution in [2.24, 2.45) is 11.8 Å². The van der Waals surface area contributed by atoms with Crippen molar-refractivity contribution in [1.82, 2.24) is 5.32 Å². The fraction of sp³-hybridized carbons (Fsp3) is 0.467. The van der Waals surface area contributed by atoms with E-state index in [0.717, 1.165) is 18.4 Å². The number of hydrogen-bond acceptors (Lipinski definition) is 2. The van der Waals surface area contributed by atoms with E-state index in [-0.39, 0.29) is 0 Å². The van der Waals surface area contributed by atoms with Crippen molar-refractivity contribution >= 4 is 21.4 Å². The number of hydrogen-bond donors (Lipinski definition) is 1. The number of fused-ring (bicyclic) bond motifs is 1. The summed E-state index contributed by atoms with van der Waals surface area (Å²) in [7, 11) is 2.04. The molecule has 0 aliphatic heterocycles. The number of benzene rings is 1. The van der Waals surface area contributed by atoms with Crippen molar-refractivity contribution in [2.75, 3.05) is 13.6 Å². The summed E-state index contributed by atoms with van der Waals surface area (Å²) in [5.74, 6) is 1.44. The lowest BCUT2D eigenvalue weighted by atomic mass is 9.89. The molecule has 0 aliphatic rings. The van der Waals surface area contributed by atoms with Gasteiger partial charge in [-0.25, -0.2) is 0 Å². The minimum atomic E-state index is 0.720. The molecular formula is C15H21NS. The van der Waals surface area contributed by atoms with Crippen LogP contribution < -0.4 is 5.32 Å². The fourth-order valence-electron chi connectivity index (χ4n) is 2.28. The van der Waals surface area contributed by atoms with Crippen LogP contribution in [0.5, 0.6) is 0 Å². The Balaban J connectivity index is 2.22. The maximum absolute atomic E-state index is 3.31. The molecule has 0 bridgehead atoms. The molecule has 1 nitrogen and oxygen atoms in total. The van der Waals surface area contributed by atoms with Crippen molar-refractivity contribution in [2.45, 2.75) is 20.3 Å². The molecule has 0 aliphatic carbocycles. The summed E-state index contributed by atoms with van der Waals surface area (Å²) in [6.07, 6.45) is 1.18. The third-order valence-corrected chi connectivity index (χ3v) is 4.46. The maximum Gasteiger partial charge on any atom is 0.0345 e. The molecule has 92 valence electrons. The molecule has 0 saturated carbocycles. The Kier molecular flexibility index (Phi) is 4.19.